The minimum atomic E-state index is -0.117. The predicted molar refractivity (Wildman–Crippen MR) is 78.9 cm³/mol. The Morgan fingerprint density at radius 3 is 2.86 bits per heavy atom. The minimum Gasteiger partial charge on any atom is -0.493 e. The van der Waals surface area contributed by atoms with Crippen LogP contribution in [0.15, 0.2) is 22.9 Å². The second-order valence-electron chi connectivity index (χ2n) is 5.03. The van der Waals surface area contributed by atoms with Gasteiger partial charge in [0.15, 0.2) is 11.4 Å². The molecule has 0 unspecified atom stereocenters. The largest absolute Gasteiger partial charge is 0.493 e. The normalized spacial score (nSPS) is 11.1. The summed E-state index contributed by atoms with van der Waals surface area (Å²) in [6, 6.07) is 1.70. The number of aromatic nitrogens is 2. The van der Waals surface area contributed by atoms with E-state index in [1.165, 1.54) is 0 Å². The first kappa shape index (κ1) is 15.3. The van der Waals surface area contributed by atoms with E-state index in [0.717, 1.165) is 6.54 Å². The summed E-state index contributed by atoms with van der Waals surface area (Å²) < 4.78 is 12.3. The summed E-state index contributed by atoms with van der Waals surface area (Å²) in [5, 5.41) is 4.26. The highest BCUT2D eigenvalue weighted by Crippen LogP contribution is 2.24. The summed E-state index contributed by atoms with van der Waals surface area (Å²) in [6.07, 6.45) is 3.79. The zero-order chi connectivity index (χ0) is 15.4. The van der Waals surface area contributed by atoms with Crippen LogP contribution in [0.5, 0.6) is 5.75 Å². The first-order valence-electron chi connectivity index (χ1n) is 6.94. The molecule has 2 heterocycles. The Morgan fingerprint density at radius 1 is 1.48 bits per heavy atom. The van der Waals surface area contributed by atoms with E-state index in [4.69, 9.17) is 9.15 Å². The molecule has 0 saturated heterocycles. The van der Waals surface area contributed by atoms with Crippen molar-refractivity contribution < 1.29 is 13.9 Å². The van der Waals surface area contributed by atoms with Crippen LogP contribution < -0.4 is 4.74 Å². The van der Waals surface area contributed by atoms with Crippen molar-refractivity contribution in [1.29, 1.82) is 0 Å². The first-order valence-corrected chi connectivity index (χ1v) is 6.94. The molecule has 2 aromatic heterocycles. The van der Waals surface area contributed by atoms with Gasteiger partial charge >= 0.3 is 0 Å². The molecule has 0 bridgehead atoms. The number of hydrogen-bond donors (Lipinski definition) is 0. The zero-order valence-corrected chi connectivity index (χ0v) is 12.9. The molecule has 0 spiro atoms. The monoisotopic (exact) mass is 291 g/mol. The number of carbonyl (C=O) groups excluding carboxylic acids is 1. The van der Waals surface area contributed by atoms with Gasteiger partial charge in [-0.15, -0.1) is 0 Å². The Balaban J connectivity index is 2.36. The third-order valence-electron chi connectivity index (χ3n) is 3.31. The van der Waals surface area contributed by atoms with Gasteiger partial charge in [0.1, 0.15) is 5.76 Å². The summed E-state index contributed by atoms with van der Waals surface area (Å²) in [5.41, 5.74) is 1.04. The Hall–Kier alpha value is -2.08. The van der Waals surface area contributed by atoms with Crippen LogP contribution in [-0.4, -0.2) is 48.2 Å². The molecule has 0 aromatic carbocycles. The molecule has 0 radical (unpaired) electrons. The number of methoxy groups -OCH3 is 1. The summed E-state index contributed by atoms with van der Waals surface area (Å²) in [7, 11) is 5.50. The van der Waals surface area contributed by atoms with Gasteiger partial charge in [-0.25, -0.2) is 0 Å². The fourth-order valence-corrected chi connectivity index (χ4v) is 2.16. The van der Waals surface area contributed by atoms with Crippen LogP contribution in [0, 0.1) is 0 Å². The molecule has 0 N–H and O–H groups in total. The smallest absolute Gasteiger partial charge is 0.218 e. The van der Waals surface area contributed by atoms with Crippen LogP contribution in [0.3, 0.4) is 0 Å². The van der Waals surface area contributed by atoms with Gasteiger partial charge in [-0.05, 0) is 20.2 Å². The number of nitrogens with zero attached hydrogens (tertiary/aromatic N) is 3. The van der Waals surface area contributed by atoms with E-state index >= 15 is 0 Å². The summed E-state index contributed by atoms with van der Waals surface area (Å²) in [4.78, 5) is 14.8. The van der Waals surface area contributed by atoms with E-state index in [-0.39, 0.29) is 5.78 Å². The predicted octanol–water partition coefficient (Wildman–Crippen LogP) is 1.84. The topological polar surface area (TPSA) is 60.5 Å². The van der Waals surface area contributed by atoms with Crippen LogP contribution in [0.4, 0.5) is 0 Å². The standard InChI is InChI=1S/C15H21N3O3/c1-5-12-11(6-9-21-12)15(19)14-13(20-4)10-16-18(14)8-7-17(2)3/h6,9-10H,5,7-8H2,1-4H3. The second-order valence-corrected chi connectivity index (χ2v) is 5.03. The number of ether oxygens (including phenoxy) is 1. The highest BCUT2D eigenvalue weighted by molar-refractivity contribution is 6.10. The fourth-order valence-electron chi connectivity index (χ4n) is 2.16. The van der Waals surface area contributed by atoms with Crippen molar-refractivity contribution >= 4 is 5.78 Å². The van der Waals surface area contributed by atoms with Gasteiger partial charge in [-0.3, -0.25) is 9.48 Å². The van der Waals surface area contributed by atoms with Crippen molar-refractivity contribution in [2.24, 2.45) is 0 Å². The van der Waals surface area contributed by atoms with Gasteiger partial charge in [-0.2, -0.15) is 5.10 Å². The van der Waals surface area contributed by atoms with Gasteiger partial charge in [0.25, 0.3) is 0 Å². The third-order valence-corrected chi connectivity index (χ3v) is 3.31. The highest BCUT2D eigenvalue weighted by Gasteiger charge is 2.24. The lowest BCUT2D eigenvalue weighted by atomic mass is 10.1. The molecule has 0 amide bonds. The van der Waals surface area contributed by atoms with E-state index in [2.05, 4.69) is 5.10 Å². The van der Waals surface area contributed by atoms with E-state index in [1.54, 1.807) is 30.3 Å². The number of hydrogen-bond acceptors (Lipinski definition) is 5. The van der Waals surface area contributed by atoms with E-state index < -0.39 is 0 Å². The molecule has 2 aromatic rings. The quantitative estimate of drug-likeness (QED) is 0.728. The molecule has 0 aliphatic heterocycles. The van der Waals surface area contributed by atoms with Gasteiger partial charge in [0.2, 0.25) is 5.78 Å². The molecule has 6 nitrogen and oxygen atoms in total. The van der Waals surface area contributed by atoms with Crippen LogP contribution in [0.1, 0.15) is 28.7 Å². The molecule has 0 atom stereocenters. The maximum atomic E-state index is 12.8. The second kappa shape index (κ2) is 6.58. The van der Waals surface area contributed by atoms with Gasteiger partial charge in [0.05, 0.1) is 31.7 Å². The lowest BCUT2D eigenvalue weighted by Gasteiger charge is -2.12. The average molecular weight is 291 g/mol. The molecule has 0 fully saturated rings. The third kappa shape index (κ3) is 3.16. The van der Waals surface area contributed by atoms with Crippen molar-refractivity contribution in [2.75, 3.05) is 27.7 Å². The van der Waals surface area contributed by atoms with E-state index in [0.29, 0.717) is 35.7 Å². The molecular weight excluding hydrogens is 270 g/mol. The van der Waals surface area contributed by atoms with E-state index in [1.807, 2.05) is 25.9 Å². The number of aryl methyl sites for hydroxylation is 1. The van der Waals surface area contributed by atoms with Crippen molar-refractivity contribution in [3.63, 3.8) is 0 Å². The van der Waals surface area contributed by atoms with Crippen molar-refractivity contribution in [3.8, 4) is 5.75 Å². The number of likely N-dealkylation sites (N-methyl/N-ethyl adjacent to an activating group) is 1. The van der Waals surface area contributed by atoms with Gasteiger partial charge in [-0.1, -0.05) is 6.92 Å². The lowest BCUT2D eigenvalue weighted by Crippen LogP contribution is -2.22. The lowest BCUT2D eigenvalue weighted by molar-refractivity contribution is 0.102. The molecule has 21 heavy (non-hydrogen) atoms. The van der Waals surface area contributed by atoms with Crippen LogP contribution in [0.2, 0.25) is 0 Å². The van der Waals surface area contributed by atoms with Crippen molar-refractivity contribution in [1.82, 2.24) is 14.7 Å². The van der Waals surface area contributed by atoms with Gasteiger partial charge < -0.3 is 14.1 Å². The maximum absolute atomic E-state index is 12.8. The van der Waals surface area contributed by atoms with Crippen LogP contribution in [-0.2, 0) is 13.0 Å². The van der Waals surface area contributed by atoms with Crippen molar-refractivity contribution in [3.05, 3.63) is 35.5 Å². The molecule has 114 valence electrons. The molecule has 6 heteroatoms. The Bertz CT molecular complexity index is 613. The molecular formula is C15H21N3O3. The first-order chi connectivity index (χ1) is 10.1. The Morgan fingerprint density at radius 2 is 2.24 bits per heavy atom. The van der Waals surface area contributed by atoms with Crippen LogP contribution in [0.25, 0.3) is 0 Å². The van der Waals surface area contributed by atoms with Gasteiger partial charge in [0, 0.05) is 13.0 Å². The van der Waals surface area contributed by atoms with Crippen LogP contribution >= 0.6 is 0 Å². The molecule has 0 saturated carbocycles. The fraction of sp³-hybridized carbons (Fsp3) is 0.467. The number of rotatable bonds is 7. The number of furan rings is 1. The molecule has 0 aliphatic rings. The molecule has 2 rings (SSSR count). The Kier molecular flexibility index (Phi) is 4.80. The SMILES string of the molecule is CCc1occc1C(=O)c1c(OC)cnn1CCN(C)C. The minimum absolute atomic E-state index is 0.117. The summed E-state index contributed by atoms with van der Waals surface area (Å²) >= 11 is 0. The Labute approximate surface area is 124 Å². The summed E-state index contributed by atoms with van der Waals surface area (Å²) in [5.74, 6) is 1.05. The molecule has 0 aliphatic carbocycles. The van der Waals surface area contributed by atoms with E-state index in [9.17, 15) is 4.79 Å². The highest BCUT2D eigenvalue weighted by atomic mass is 16.5. The number of ketones is 1. The summed E-state index contributed by atoms with van der Waals surface area (Å²) in [6.45, 7) is 3.37. The van der Waals surface area contributed by atoms with Crippen molar-refractivity contribution in [2.45, 2.75) is 19.9 Å². The zero-order valence-electron chi connectivity index (χ0n) is 12.9. The average Bonchev–Trinajstić information content (AvgIpc) is 3.10. The number of carbonyl (C=O) groups is 1. The maximum Gasteiger partial charge on any atom is 0.218 e.